The molecule has 39 heavy (non-hydrogen) atoms. The standard InChI is InChI=1S/C33H33ClFNO3/c1-23-27(12-8-13-31(23)25-9-4-3-5-10-25)21-38-30-16-14-26(11-6-7-18-36-24(2)37)33(20-30)39-22-28-19-29(34)15-17-32(28)35/h3-5,8-10,12-17,19-20H,6-7,11,18,21-22H2,1-2H3,(H,36,37). The molecule has 0 aromatic heterocycles. The Kier molecular flexibility index (Phi) is 9.98. The molecule has 4 rings (SSSR count). The van der Waals surface area contributed by atoms with Gasteiger partial charge in [-0.05, 0) is 78.3 Å². The van der Waals surface area contributed by atoms with E-state index in [4.69, 9.17) is 21.1 Å². The highest BCUT2D eigenvalue weighted by atomic mass is 35.5. The smallest absolute Gasteiger partial charge is 0.216 e. The molecule has 0 aliphatic rings. The third-order valence-electron chi connectivity index (χ3n) is 6.60. The molecule has 0 heterocycles. The number of nitrogens with one attached hydrogen (secondary N) is 1. The zero-order valence-corrected chi connectivity index (χ0v) is 23.1. The van der Waals surface area contributed by atoms with Gasteiger partial charge in [-0.2, -0.15) is 0 Å². The predicted molar refractivity (Wildman–Crippen MR) is 155 cm³/mol. The molecule has 1 N–H and O–H groups in total. The molecule has 6 heteroatoms. The molecule has 4 nitrogen and oxygen atoms in total. The summed E-state index contributed by atoms with van der Waals surface area (Å²) in [6.45, 7) is 4.71. The maximum Gasteiger partial charge on any atom is 0.216 e. The Morgan fingerprint density at radius 3 is 2.44 bits per heavy atom. The van der Waals surface area contributed by atoms with Crippen LogP contribution in [0.4, 0.5) is 4.39 Å². The van der Waals surface area contributed by atoms with Crippen molar-refractivity contribution in [1.29, 1.82) is 0 Å². The first-order chi connectivity index (χ1) is 18.9. The third kappa shape index (κ3) is 8.08. The molecule has 0 aliphatic heterocycles. The molecule has 4 aromatic carbocycles. The van der Waals surface area contributed by atoms with E-state index in [1.165, 1.54) is 35.7 Å². The molecule has 0 unspecified atom stereocenters. The molecule has 0 radical (unpaired) electrons. The SMILES string of the molecule is CC(=O)NCCCCc1ccc(OCc2cccc(-c3ccccc3)c2C)cc1OCc1cc(Cl)ccc1F. The molecular weight excluding hydrogens is 513 g/mol. The van der Waals surface area contributed by atoms with Crippen molar-refractivity contribution < 1.29 is 18.7 Å². The number of rotatable bonds is 12. The summed E-state index contributed by atoms with van der Waals surface area (Å²) in [6.07, 6.45) is 2.47. The Labute approximate surface area is 234 Å². The lowest BCUT2D eigenvalue weighted by Gasteiger charge is -2.16. The monoisotopic (exact) mass is 545 g/mol. The second-order valence-electron chi connectivity index (χ2n) is 9.48. The van der Waals surface area contributed by atoms with Gasteiger partial charge in [0.1, 0.15) is 30.5 Å². The largest absolute Gasteiger partial charge is 0.489 e. The van der Waals surface area contributed by atoms with E-state index in [0.29, 0.717) is 35.2 Å². The molecule has 0 saturated carbocycles. The van der Waals surface area contributed by atoms with E-state index in [-0.39, 0.29) is 18.3 Å². The minimum Gasteiger partial charge on any atom is -0.489 e. The van der Waals surface area contributed by atoms with E-state index in [1.54, 1.807) is 6.07 Å². The van der Waals surface area contributed by atoms with Crippen LogP contribution in [0, 0.1) is 12.7 Å². The number of unbranched alkanes of at least 4 members (excludes halogenated alkanes) is 1. The first kappa shape index (κ1) is 28.2. The second-order valence-corrected chi connectivity index (χ2v) is 9.91. The molecule has 0 saturated heterocycles. The van der Waals surface area contributed by atoms with E-state index in [1.807, 2.05) is 42.5 Å². The van der Waals surface area contributed by atoms with Crippen LogP contribution in [-0.4, -0.2) is 12.5 Å². The van der Waals surface area contributed by atoms with Crippen molar-refractivity contribution in [2.24, 2.45) is 0 Å². The van der Waals surface area contributed by atoms with Gasteiger partial charge in [0.25, 0.3) is 0 Å². The maximum atomic E-state index is 14.3. The lowest BCUT2D eigenvalue weighted by Crippen LogP contribution is -2.20. The first-order valence-corrected chi connectivity index (χ1v) is 13.5. The van der Waals surface area contributed by atoms with E-state index >= 15 is 0 Å². The van der Waals surface area contributed by atoms with Crippen LogP contribution < -0.4 is 14.8 Å². The van der Waals surface area contributed by atoms with Gasteiger partial charge in [-0.3, -0.25) is 4.79 Å². The van der Waals surface area contributed by atoms with Crippen molar-refractivity contribution in [3.05, 3.63) is 118 Å². The van der Waals surface area contributed by atoms with Crippen molar-refractivity contribution in [3.8, 4) is 22.6 Å². The van der Waals surface area contributed by atoms with Crippen molar-refractivity contribution >= 4 is 17.5 Å². The first-order valence-electron chi connectivity index (χ1n) is 13.1. The van der Waals surface area contributed by atoms with Gasteiger partial charge < -0.3 is 14.8 Å². The van der Waals surface area contributed by atoms with Crippen LogP contribution >= 0.6 is 11.6 Å². The molecule has 0 fully saturated rings. The summed E-state index contributed by atoms with van der Waals surface area (Å²) < 4.78 is 26.6. The van der Waals surface area contributed by atoms with Crippen molar-refractivity contribution in [2.45, 2.75) is 46.3 Å². The van der Waals surface area contributed by atoms with Crippen molar-refractivity contribution in [1.82, 2.24) is 5.32 Å². The highest BCUT2D eigenvalue weighted by Crippen LogP contribution is 2.30. The molecule has 0 spiro atoms. The maximum absolute atomic E-state index is 14.3. The molecule has 1 amide bonds. The lowest BCUT2D eigenvalue weighted by molar-refractivity contribution is -0.118. The van der Waals surface area contributed by atoms with Gasteiger partial charge in [-0.1, -0.05) is 66.2 Å². The van der Waals surface area contributed by atoms with E-state index in [9.17, 15) is 9.18 Å². The van der Waals surface area contributed by atoms with Gasteiger partial charge in [-0.15, -0.1) is 0 Å². The highest BCUT2D eigenvalue weighted by Gasteiger charge is 2.11. The molecule has 0 atom stereocenters. The van der Waals surface area contributed by atoms with Crippen LogP contribution in [0.2, 0.25) is 5.02 Å². The third-order valence-corrected chi connectivity index (χ3v) is 6.84. The quantitative estimate of drug-likeness (QED) is 0.183. The number of ether oxygens (including phenoxy) is 2. The summed E-state index contributed by atoms with van der Waals surface area (Å²) in [5, 5.41) is 3.28. The van der Waals surface area contributed by atoms with Crippen molar-refractivity contribution in [3.63, 3.8) is 0 Å². The van der Waals surface area contributed by atoms with Gasteiger partial charge in [0, 0.05) is 30.1 Å². The summed E-state index contributed by atoms with van der Waals surface area (Å²) in [5.41, 5.74) is 6.01. The molecule has 0 aliphatic carbocycles. The van der Waals surface area contributed by atoms with Crippen LogP contribution in [0.5, 0.6) is 11.5 Å². The van der Waals surface area contributed by atoms with Gasteiger partial charge in [0.2, 0.25) is 5.91 Å². The Bertz CT molecular complexity index is 1410. The minimum absolute atomic E-state index is 0.0337. The number of hydrogen-bond acceptors (Lipinski definition) is 3. The van der Waals surface area contributed by atoms with Crippen LogP contribution in [0.25, 0.3) is 11.1 Å². The molecule has 4 aromatic rings. The normalized spacial score (nSPS) is 10.8. The highest BCUT2D eigenvalue weighted by molar-refractivity contribution is 6.30. The van der Waals surface area contributed by atoms with Crippen LogP contribution in [0.15, 0.2) is 84.9 Å². The fourth-order valence-corrected chi connectivity index (χ4v) is 4.61. The Morgan fingerprint density at radius 1 is 0.846 bits per heavy atom. The zero-order valence-electron chi connectivity index (χ0n) is 22.3. The number of benzene rings is 4. The summed E-state index contributed by atoms with van der Waals surface area (Å²) in [5.74, 6) is 0.912. The minimum atomic E-state index is -0.363. The van der Waals surface area contributed by atoms with Gasteiger partial charge in [-0.25, -0.2) is 4.39 Å². The summed E-state index contributed by atoms with van der Waals surface area (Å²) in [7, 11) is 0. The van der Waals surface area contributed by atoms with E-state index in [2.05, 4.69) is 36.5 Å². The number of halogens is 2. The zero-order chi connectivity index (χ0) is 27.6. The Balaban J connectivity index is 1.49. The average molecular weight is 546 g/mol. The van der Waals surface area contributed by atoms with Gasteiger partial charge in [0.15, 0.2) is 0 Å². The number of aryl methyl sites for hydroxylation is 1. The number of carbonyl (C=O) groups is 1. The molecule has 0 bridgehead atoms. The Morgan fingerprint density at radius 2 is 1.64 bits per heavy atom. The summed E-state index contributed by atoms with van der Waals surface area (Å²) in [6, 6.07) is 26.8. The van der Waals surface area contributed by atoms with Gasteiger partial charge in [0.05, 0.1) is 0 Å². The fraction of sp³-hybridized carbons (Fsp3) is 0.242. The van der Waals surface area contributed by atoms with Crippen LogP contribution in [-0.2, 0) is 24.4 Å². The molecule has 202 valence electrons. The Hall–Kier alpha value is -3.83. The van der Waals surface area contributed by atoms with Crippen LogP contribution in [0.3, 0.4) is 0 Å². The van der Waals surface area contributed by atoms with Crippen molar-refractivity contribution in [2.75, 3.05) is 6.54 Å². The van der Waals surface area contributed by atoms with Crippen LogP contribution in [0.1, 0.15) is 42.0 Å². The van der Waals surface area contributed by atoms with Gasteiger partial charge >= 0.3 is 0 Å². The predicted octanol–water partition coefficient (Wildman–Crippen LogP) is 8.07. The summed E-state index contributed by atoms with van der Waals surface area (Å²) in [4.78, 5) is 11.1. The number of amides is 1. The second kappa shape index (κ2) is 13.8. The van der Waals surface area contributed by atoms with E-state index < -0.39 is 0 Å². The molecular formula is C33H33ClFNO3. The topological polar surface area (TPSA) is 47.6 Å². The fourth-order valence-electron chi connectivity index (χ4n) is 4.41. The number of carbonyl (C=O) groups excluding carboxylic acids is 1. The number of hydrogen-bond donors (Lipinski definition) is 1. The average Bonchev–Trinajstić information content (AvgIpc) is 2.93. The summed E-state index contributed by atoms with van der Waals surface area (Å²) >= 11 is 6.07. The van der Waals surface area contributed by atoms with E-state index in [0.717, 1.165) is 30.4 Å². The lowest BCUT2D eigenvalue weighted by atomic mass is 9.97.